The molecule has 0 radical (unpaired) electrons. The number of hydrogen-bond donors (Lipinski definition) is 1. The Morgan fingerprint density at radius 2 is 1.94 bits per heavy atom. The van der Waals surface area contributed by atoms with E-state index in [0.29, 0.717) is 30.2 Å². The Bertz CT molecular complexity index is 1040. The van der Waals surface area contributed by atoms with E-state index >= 15 is 0 Å². The quantitative estimate of drug-likeness (QED) is 0.523. The lowest BCUT2D eigenvalue weighted by Gasteiger charge is -2.32. The lowest BCUT2D eigenvalue weighted by Crippen LogP contribution is -2.45. The van der Waals surface area contributed by atoms with Crippen LogP contribution in [0.5, 0.6) is 5.75 Å². The number of likely N-dealkylation sites (tertiary alicyclic amines) is 1. The number of esters is 1. The largest absolute Gasteiger partial charge is 0.479 e. The summed E-state index contributed by atoms with van der Waals surface area (Å²) in [5.74, 6) is -0.795. The van der Waals surface area contributed by atoms with Crippen molar-refractivity contribution in [2.45, 2.75) is 32.3 Å². The van der Waals surface area contributed by atoms with Gasteiger partial charge in [-0.05, 0) is 38.0 Å². The van der Waals surface area contributed by atoms with E-state index in [-0.39, 0.29) is 30.3 Å². The summed E-state index contributed by atoms with van der Waals surface area (Å²) in [4.78, 5) is 55.5. The molecule has 4 rings (SSSR count). The van der Waals surface area contributed by atoms with Crippen LogP contribution in [0.3, 0.4) is 0 Å². The molecule has 0 saturated carbocycles. The first-order chi connectivity index (χ1) is 15.4. The summed E-state index contributed by atoms with van der Waals surface area (Å²) in [6.07, 6.45) is 2.70. The van der Waals surface area contributed by atoms with Crippen LogP contribution >= 0.6 is 0 Å². The number of aromatic amines is 1. The zero-order valence-electron chi connectivity index (χ0n) is 17.8. The molecule has 9 nitrogen and oxygen atoms in total. The molecule has 32 heavy (non-hydrogen) atoms. The van der Waals surface area contributed by atoms with E-state index < -0.39 is 24.5 Å². The van der Waals surface area contributed by atoms with E-state index in [2.05, 4.69) is 4.98 Å². The number of H-pyrrole nitrogens is 1. The van der Waals surface area contributed by atoms with E-state index in [9.17, 15) is 19.2 Å². The van der Waals surface area contributed by atoms with Crippen LogP contribution in [0.15, 0.2) is 36.5 Å². The predicted molar refractivity (Wildman–Crippen MR) is 115 cm³/mol. The molecule has 2 aliphatic heterocycles. The molecular weight excluding hydrogens is 414 g/mol. The van der Waals surface area contributed by atoms with Crippen molar-refractivity contribution in [3.05, 3.63) is 47.8 Å². The molecule has 2 amide bonds. The van der Waals surface area contributed by atoms with Crippen molar-refractivity contribution in [3.63, 3.8) is 0 Å². The second-order valence-electron chi connectivity index (χ2n) is 7.85. The van der Waals surface area contributed by atoms with Crippen molar-refractivity contribution in [2.24, 2.45) is 0 Å². The number of fused-ring (bicyclic) bond motifs is 1. The van der Waals surface area contributed by atoms with Gasteiger partial charge in [0.15, 0.2) is 12.7 Å². The molecule has 2 aliphatic rings. The monoisotopic (exact) mass is 439 g/mol. The minimum Gasteiger partial charge on any atom is -0.479 e. The van der Waals surface area contributed by atoms with Crippen LogP contribution in [0.4, 0.5) is 5.69 Å². The summed E-state index contributed by atoms with van der Waals surface area (Å²) in [5, 5.41) is 0. The van der Waals surface area contributed by atoms with E-state index in [4.69, 9.17) is 9.47 Å². The van der Waals surface area contributed by atoms with Gasteiger partial charge in [-0.25, -0.2) is 0 Å². The summed E-state index contributed by atoms with van der Waals surface area (Å²) < 4.78 is 10.7. The highest BCUT2D eigenvalue weighted by Crippen LogP contribution is 2.33. The fourth-order valence-corrected chi connectivity index (χ4v) is 3.86. The van der Waals surface area contributed by atoms with Gasteiger partial charge >= 0.3 is 5.97 Å². The number of benzene rings is 1. The molecule has 1 aromatic heterocycles. The molecule has 9 heteroatoms. The zero-order valence-corrected chi connectivity index (χ0v) is 17.8. The standard InChI is InChI=1S/C23H25N3O6/c1-15-22(29)26(18-6-2-3-7-20(18)32-15)11-8-21(28)31-14-19(27)16-12-17(24-13-16)23(30)25-9-4-5-10-25/h2-3,6-7,12-13,15,24H,4-5,8-11,14H2,1H3. The predicted octanol–water partition coefficient (Wildman–Crippen LogP) is 2.18. The molecular formula is C23H25N3O6. The number of rotatable bonds is 7. The normalized spacial score (nSPS) is 17.7. The Morgan fingerprint density at radius 1 is 1.19 bits per heavy atom. The average Bonchev–Trinajstić information content (AvgIpc) is 3.50. The van der Waals surface area contributed by atoms with Gasteiger partial charge in [0, 0.05) is 31.4 Å². The number of carbonyl (C=O) groups is 4. The number of carbonyl (C=O) groups excluding carboxylic acids is 4. The number of nitrogens with zero attached hydrogens (tertiary/aromatic N) is 2. The third kappa shape index (κ3) is 4.51. The maximum Gasteiger partial charge on any atom is 0.308 e. The number of ether oxygens (including phenoxy) is 2. The molecule has 1 aromatic carbocycles. The number of hydrogen-bond acceptors (Lipinski definition) is 6. The molecule has 1 atom stereocenters. The molecule has 0 spiro atoms. The van der Waals surface area contributed by atoms with Gasteiger partial charge in [-0.2, -0.15) is 0 Å². The lowest BCUT2D eigenvalue weighted by molar-refractivity contribution is -0.142. The Kier molecular flexibility index (Phi) is 6.25. The van der Waals surface area contributed by atoms with Crippen LogP contribution < -0.4 is 9.64 Å². The van der Waals surface area contributed by atoms with E-state index in [1.807, 2.05) is 6.07 Å². The number of ketones is 1. The number of Topliss-reactive ketones (excluding diaryl/α,β-unsaturated/α-hetero) is 1. The Labute approximate surface area is 185 Å². The highest BCUT2D eigenvalue weighted by molar-refractivity contribution is 6.02. The minimum atomic E-state index is -0.645. The summed E-state index contributed by atoms with van der Waals surface area (Å²) in [6.45, 7) is 2.77. The van der Waals surface area contributed by atoms with Crippen molar-refractivity contribution in [2.75, 3.05) is 31.1 Å². The van der Waals surface area contributed by atoms with Crippen LogP contribution in [0, 0.1) is 0 Å². The first-order valence-corrected chi connectivity index (χ1v) is 10.7. The molecule has 1 saturated heterocycles. The van der Waals surface area contributed by atoms with E-state index in [0.717, 1.165) is 12.8 Å². The Hall–Kier alpha value is -3.62. The van der Waals surface area contributed by atoms with Crippen molar-refractivity contribution in [3.8, 4) is 5.75 Å². The maximum absolute atomic E-state index is 12.5. The minimum absolute atomic E-state index is 0.0636. The summed E-state index contributed by atoms with van der Waals surface area (Å²) in [6, 6.07) is 8.60. The van der Waals surface area contributed by atoms with Crippen molar-refractivity contribution < 1.29 is 28.7 Å². The van der Waals surface area contributed by atoms with Gasteiger partial charge in [-0.1, -0.05) is 12.1 Å². The van der Waals surface area contributed by atoms with E-state index in [1.54, 1.807) is 30.0 Å². The fraction of sp³-hybridized carbons (Fsp3) is 0.391. The average molecular weight is 439 g/mol. The summed E-state index contributed by atoms with van der Waals surface area (Å²) >= 11 is 0. The Morgan fingerprint density at radius 3 is 2.72 bits per heavy atom. The highest BCUT2D eigenvalue weighted by Gasteiger charge is 2.31. The zero-order chi connectivity index (χ0) is 22.7. The van der Waals surface area contributed by atoms with Crippen LogP contribution in [-0.2, 0) is 14.3 Å². The van der Waals surface area contributed by atoms with Crippen molar-refractivity contribution in [1.29, 1.82) is 0 Å². The van der Waals surface area contributed by atoms with Crippen LogP contribution in [-0.4, -0.2) is 65.8 Å². The van der Waals surface area contributed by atoms with Crippen molar-refractivity contribution in [1.82, 2.24) is 9.88 Å². The first-order valence-electron chi connectivity index (χ1n) is 10.7. The van der Waals surface area contributed by atoms with Crippen molar-refractivity contribution >= 4 is 29.3 Å². The molecule has 0 bridgehead atoms. The smallest absolute Gasteiger partial charge is 0.308 e. The number of nitrogens with one attached hydrogen (secondary N) is 1. The van der Waals surface area contributed by atoms with Gasteiger partial charge in [-0.15, -0.1) is 0 Å². The van der Waals surface area contributed by atoms with Crippen LogP contribution in [0.25, 0.3) is 0 Å². The molecule has 1 unspecified atom stereocenters. The van der Waals surface area contributed by atoms with Gasteiger partial charge in [0.1, 0.15) is 11.4 Å². The van der Waals surface area contributed by atoms with Crippen LogP contribution in [0.1, 0.15) is 47.0 Å². The molecule has 0 aliphatic carbocycles. The topological polar surface area (TPSA) is 109 Å². The second kappa shape index (κ2) is 9.25. The first kappa shape index (κ1) is 21.6. The lowest BCUT2D eigenvalue weighted by atomic mass is 10.2. The number of aromatic nitrogens is 1. The van der Waals surface area contributed by atoms with Gasteiger partial charge in [0.2, 0.25) is 5.78 Å². The summed E-state index contributed by atoms with van der Waals surface area (Å²) in [7, 11) is 0. The van der Waals surface area contributed by atoms with Gasteiger partial charge in [0.05, 0.1) is 12.1 Å². The van der Waals surface area contributed by atoms with Crippen LogP contribution in [0.2, 0.25) is 0 Å². The molecule has 168 valence electrons. The maximum atomic E-state index is 12.5. The summed E-state index contributed by atoms with van der Waals surface area (Å²) in [5.41, 5.74) is 1.23. The second-order valence-corrected chi connectivity index (χ2v) is 7.85. The van der Waals surface area contributed by atoms with E-state index in [1.165, 1.54) is 17.2 Å². The number of para-hydroxylation sites is 2. The third-order valence-corrected chi connectivity index (χ3v) is 5.61. The number of amides is 2. The highest BCUT2D eigenvalue weighted by atomic mass is 16.5. The Balaban J connectivity index is 1.29. The third-order valence-electron chi connectivity index (χ3n) is 5.61. The van der Waals surface area contributed by atoms with Gasteiger partial charge < -0.3 is 24.3 Å². The molecule has 3 heterocycles. The number of anilines is 1. The fourth-order valence-electron chi connectivity index (χ4n) is 3.86. The molecule has 1 N–H and O–H groups in total. The van der Waals surface area contributed by atoms with Gasteiger partial charge in [0.25, 0.3) is 11.8 Å². The van der Waals surface area contributed by atoms with Gasteiger partial charge in [-0.3, -0.25) is 19.2 Å². The molecule has 1 fully saturated rings. The molecule has 2 aromatic rings. The SMILES string of the molecule is CC1Oc2ccccc2N(CCC(=O)OCC(=O)c2c[nH]c(C(=O)N3CCCC3)c2)C1=O.